The molecule has 2 rings (SSSR count). The summed E-state index contributed by atoms with van der Waals surface area (Å²) >= 11 is 5.95. The van der Waals surface area contributed by atoms with Crippen LogP contribution in [-0.2, 0) is 6.61 Å². The summed E-state index contributed by atoms with van der Waals surface area (Å²) < 4.78 is 23.7. The zero-order valence-corrected chi connectivity index (χ0v) is 11.1. The summed E-state index contributed by atoms with van der Waals surface area (Å²) in [6.45, 7) is 0.169. The summed E-state index contributed by atoms with van der Waals surface area (Å²) in [4.78, 5) is 0. The quantitative estimate of drug-likeness (QED) is 0.870. The van der Waals surface area contributed by atoms with Crippen molar-refractivity contribution in [2.24, 2.45) is 0 Å². The summed E-state index contributed by atoms with van der Waals surface area (Å²) in [5.74, 6) is 0.798. The van der Waals surface area contributed by atoms with Gasteiger partial charge in [0, 0.05) is 16.7 Å². The number of anilines is 1. The Labute approximate surface area is 115 Å². The second-order valence-electron chi connectivity index (χ2n) is 3.93. The molecule has 5 heteroatoms. The average molecular weight is 282 g/mol. The first-order valence-corrected chi connectivity index (χ1v) is 5.98. The first kappa shape index (κ1) is 13.5. The third-order valence-electron chi connectivity index (χ3n) is 2.60. The minimum atomic E-state index is -0.350. The van der Waals surface area contributed by atoms with Crippen molar-refractivity contribution in [1.29, 1.82) is 0 Å². The van der Waals surface area contributed by atoms with E-state index in [-0.39, 0.29) is 12.4 Å². The zero-order valence-electron chi connectivity index (χ0n) is 10.3. The Morgan fingerprint density at radius 3 is 2.68 bits per heavy atom. The van der Waals surface area contributed by atoms with Gasteiger partial charge in [0.15, 0.2) is 0 Å². The van der Waals surface area contributed by atoms with Crippen LogP contribution in [0.4, 0.5) is 10.1 Å². The molecule has 0 aliphatic carbocycles. The van der Waals surface area contributed by atoms with Gasteiger partial charge in [-0.2, -0.15) is 0 Å². The molecule has 0 aliphatic rings. The molecule has 0 saturated heterocycles. The predicted molar refractivity (Wildman–Crippen MR) is 73.1 cm³/mol. The highest BCUT2D eigenvalue weighted by molar-refractivity contribution is 6.31. The van der Waals surface area contributed by atoms with Crippen LogP contribution in [-0.4, -0.2) is 7.11 Å². The highest BCUT2D eigenvalue weighted by atomic mass is 35.5. The largest absolute Gasteiger partial charge is 0.495 e. The molecule has 0 spiro atoms. The van der Waals surface area contributed by atoms with Crippen LogP contribution in [0.25, 0.3) is 0 Å². The van der Waals surface area contributed by atoms with Crippen molar-refractivity contribution < 1.29 is 13.9 Å². The van der Waals surface area contributed by atoms with Gasteiger partial charge in [-0.05, 0) is 30.3 Å². The van der Waals surface area contributed by atoms with Crippen molar-refractivity contribution in [3.05, 3.63) is 52.8 Å². The van der Waals surface area contributed by atoms with Crippen molar-refractivity contribution >= 4 is 17.3 Å². The summed E-state index contributed by atoms with van der Waals surface area (Å²) in [5.41, 5.74) is 6.82. The van der Waals surface area contributed by atoms with Crippen LogP contribution in [0.3, 0.4) is 0 Å². The van der Waals surface area contributed by atoms with Crippen LogP contribution in [0.15, 0.2) is 36.4 Å². The number of hydrogen-bond donors (Lipinski definition) is 1. The van der Waals surface area contributed by atoms with Gasteiger partial charge in [0.25, 0.3) is 0 Å². The zero-order chi connectivity index (χ0) is 13.8. The number of rotatable bonds is 4. The first-order valence-electron chi connectivity index (χ1n) is 5.60. The minimum absolute atomic E-state index is 0.169. The van der Waals surface area contributed by atoms with Crippen LogP contribution in [0.5, 0.6) is 11.5 Å². The summed E-state index contributed by atoms with van der Waals surface area (Å²) in [6, 6.07) is 9.22. The average Bonchev–Trinajstić information content (AvgIpc) is 2.40. The molecule has 19 heavy (non-hydrogen) atoms. The van der Waals surface area contributed by atoms with Gasteiger partial charge in [-0.25, -0.2) is 4.39 Å². The molecule has 0 fully saturated rings. The molecule has 2 aromatic carbocycles. The third kappa shape index (κ3) is 3.29. The summed E-state index contributed by atoms with van der Waals surface area (Å²) in [6.07, 6.45) is 0. The first-order chi connectivity index (χ1) is 9.10. The smallest absolute Gasteiger partial charge is 0.142 e. The Balaban J connectivity index is 2.10. The molecular formula is C14H13ClFNO2. The number of hydrogen-bond acceptors (Lipinski definition) is 3. The maximum absolute atomic E-state index is 13.1. The van der Waals surface area contributed by atoms with E-state index in [1.54, 1.807) is 25.3 Å². The molecule has 0 aliphatic heterocycles. The lowest BCUT2D eigenvalue weighted by molar-refractivity contribution is 0.305. The number of halogens is 2. The van der Waals surface area contributed by atoms with E-state index >= 15 is 0 Å². The van der Waals surface area contributed by atoms with Gasteiger partial charge < -0.3 is 15.2 Å². The van der Waals surface area contributed by atoms with Crippen molar-refractivity contribution in [3.8, 4) is 11.5 Å². The van der Waals surface area contributed by atoms with Crippen LogP contribution in [0, 0.1) is 5.82 Å². The molecule has 2 aromatic rings. The molecule has 0 radical (unpaired) electrons. The molecule has 3 nitrogen and oxygen atoms in total. The van der Waals surface area contributed by atoms with E-state index in [0.29, 0.717) is 27.8 Å². The fraction of sp³-hybridized carbons (Fsp3) is 0.143. The molecule has 0 amide bonds. The Hall–Kier alpha value is -1.94. The molecule has 0 bridgehead atoms. The topological polar surface area (TPSA) is 44.5 Å². The van der Waals surface area contributed by atoms with Gasteiger partial charge in [-0.15, -0.1) is 0 Å². The monoisotopic (exact) mass is 281 g/mol. The lowest BCUT2D eigenvalue weighted by atomic mass is 10.2. The number of benzene rings is 2. The molecule has 0 unspecified atom stereocenters. The minimum Gasteiger partial charge on any atom is -0.495 e. The van der Waals surface area contributed by atoms with E-state index < -0.39 is 0 Å². The Kier molecular flexibility index (Phi) is 4.12. The van der Waals surface area contributed by atoms with Crippen molar-refractivity contribution in [2.45, 2.75) is 6.61 Å². The van der Waals surface area contributed by atoms with E-state index in [1.165, 1.54) is 18.2 Å². The van der Waals surface area contributed by atoms with E-state index in [4.69, 9.17) is 26.8 Å². The fourth-order valence-corrected chi connectivity index (χ4v) is 1.79. The number of methoxy groups -OCH3 is 1. The van der Waals surface area contributed by atoms with Gasteiger partial charge in [0.2, 0.25) is 0 Å². The Morgan fingerprint density at radius 1 is 1.21 bits per heavy atom. The number of ether oxygens (including phenoxy) is 2. The van der Waals surface area contributed by atoms with Gasteiger partial charge in [0.05, 0.1) is 12.8 Å². The van der Waals surface area contributed by atoms with Gasteiger partial charge in [0.1, 0.15) is 23.9 Å². The van der Waals surface area contributed by atoms with Crippen molar-refractivity contribution in [1.82, 2.24) is 0 Å². The number of nitrogen functional groups attached to an aromatic ring is 1. The Morgan fingerprint density at radius 2 is 2.00 bits per heavy atom. The molecule has 0 aromatic heterocycles. The lowest BCUT2D eigenvalue weighted by Gasteiger charge is -2.10. The van der Waals surface area contributed by atoms with E-state index in [0.717, 1.165) is 0 Å². The standard InChI is InChI=1S/C14H13ClFNO2/c1-18-14-5-3-11(7-13(14)17)19-8-9-6-10(16)2-4-12(9)15/h2-7H,8,17H2,1H3. The molecule has 2 N–H and O–H groups in total. The van der Waals surface area contributed by atoms with Crippen LogP contribution >= 0.6 is 11.6 Å². The van der Waals surface area contributed by atoms with E-state index in [9.17, 15) is 4.39 Å². The summed E-state index contributed by atoms with van der Waals surface area (Å²) in [7, 11) is 1.54. The molecule has 0 atom stereocenters. The highest BCUT2D eigenvalue weighted by Crippen LogP contribution is 2.27. The maximum atomic E-state index is 13.1. The van der Waals surface area contributed by atoms with Gasteiger partial charge in [-0.1, -0.05) is 11.6 Å². The molecule has 0 heterocycles. The third-order valence-corrected chi connectivity index (χ3v) is 2.97. The maximum Gasteiger partial charge on any atom is 0.142 e. The fourth-order valence-electron chi connectivity index (χ4n) is 1.62. The summed E-state index contributed by atoms with van der Waals surface area (Å²) in [5, 5.41) is 0.461. The van der Waals surface area contributed by atoms with E-state index in [2.05, 4.69) is 0 Å². The SMILES string of the molecule is COc1ccc(OCc2cc(F)ccc2Cl)cc1N. The van der Waals surface area contributed by atoms with Gasteiger partial charge >= 0.3 is 0 Å². The predicted octanol–water partition coefficient (Wildman–Crippen LogP) is 3.65. The number of nitrogens with two attached hydrogens (primary N) is 1. The van der Waals surface area contributed by atoms with Crippen LogP contribution in [0.1, 0.15) is 5.56 Å². The van der Waals surface area contributed by atoms with E-state index in [1.807, 2.05) is 0 Å². The highest BCUT2D eigenvalue weighted by Gasteiger charge is 2.05. The molecule has 100 valence electrons. The van der Waals surface area contributed by atoms with Crippen LogP contribution in [0.2, 0.25) is 5.02 Å². The van der Waals surface area contributed by atoms with Crippen molar-refractivity contribution in [3.63, 3.8) is 0 Å². The van der Waals surface area contributed by atoms with Gasteiger partial charge in [-0.3, -0.25) is 0 Å². The second kappa shape index (κ2) is 5.80. The van der Waals surface area contributed by atoms with Crippen LogP contribution < -0.4 is 15.2 Å². The molecular weight excluding hydrogens is 269 g/mol. The normalized spacial score (nSPS) is 10.3. The lowest BCUT2D eigenvalue weighted by Crippen LogP contribution is -1.99. The Bertz CT molecular complexity index is 590. The second-order valence-corrected chi connectivity index (χ2v) is 4.34. The molecule has 0 saturated carbocycles. The van der Waals surface area contributed by atoms with Crippen molar-refractivity contribution in [2.75, 3.05) is 12.8 Å².